The van der Waals surface area contributed by atoms with Crippen LogP contribution >= 0.6 is 0 Å². The van der Waals surface area contributed by atoms with Gasteiger partial charge in [-0.1, -0.05) is 0 Å². The Labute approximate surface area is 68.0 Å². The fourth-order valence-electron chi connectivity index (χ4n) is 0.869. The molecule has 0 saturated carbocycles. The highest BCUT2D eigenvalue weighted by Crippen LogP contribution is 2.13. The molecule has 12 heavy (non-hydrogen) atoms. The summed E-state index contributed by atoms with van der Waals surface area (Å²) in [6.45, 7) is 1.37. The highest BCUT2D eigenvalue weighted by Gasteiger charge is 2.09. The molecule has 0 atom stereocenters. The Balaban J connectivity index is 3.31. The molecule has 0 aromatic heterocycles. The molecule has 2 nitrogen and oxygen atoms in total. The number of rotatable bonds is 1. The van der Waals surface area contributed by atoms with Crippen molar-refractivity contribution in [1.82, 2.24) is 0 Å². The van der Waals surface area contributed by atoms with Gasteiger partial charge < -0.3 is 5.73 Å². The maximum Gasteiger partial charge on any atom is 0.248 e. The van der Waals surface area contributed by atoms with Gasteiger partial charge in [0.2, 0.25) is 5.91 Å². The van der Waals surface area contributed by atoms with Gasteiger partial charge in [-0.2, -0.15) is 0 Å². The van der Waals surface area contributed by atoms with Crippen molar-refractivity contribution < 1.29 is 13.6 Å². The number of hydrogen-bond acceptors (Lipinski definition) is 1. The molecule has 0 aliphatic heterocycles. The Morgan fingerprint density at radius 3 is 2.42 bits per heavy atom. The maximum absolute atomic E-state index is 12.6. The molecule has 64 valence electrons. The monoisotopic (exact) mass is 171 g/mol. The summed E-state index contributed by atoms with van der Waals surface area (Å²) in [6, 6.07) is 1.99. The summed E-state index contributed by atoms with van der Waals surface area (Å²) in [5, 5.41) is 0. The highest BCUT2D eigenvalue weighted by atomic mass is 19.2. The summed E-state index contributed by atoms with van der Waals surface area (Å²) in [5.74, 6) is -2.76. The van der Waals surface area contributed by atoms with Crippen molar-refractivity contribution in [1.29, 1.82) is 0 Å². The molecule has 1 aromatic rings. The van der Waals surface area contributed by atoms with E-state index in [1.165, 1.54) is 13.0 Å². The second-order valence-corrected chi connectivity index (χ2v) is 2.45. The van der Waals surface area contributed by atoms with Crippen molar-refractivity contribution in [2.75, 3.05) is 0 Å². The van der Waals surface area contributed by atoms with Gasteiger partial charge in [-0.15, -0.1) is 0 Å². The van der Waals surface area contributed by atoms with Crippen molar-refractivity contribution in [3.63, 3.8) is 0 Å². The van der Waals surface area contributed by atoms with Gasteiger partial charge in [-0.3, -0.25) is 4.79 Å². The van der Waals surface area contributed by atoms with E-state index in [-0.39, 0.29) is 11.1 Å². The second kappa shape index (κ2) is 2.89. The molecule has 1 rings (SSSR count). The van der Waals surface area contributed by atoms with E-state index in [0.717, 1.165) is 6.07 Å². The molecule has 0 fully saturated rings. The number of benzene rings is 1. The van der Waals surface area contributed by atoms with Crippen LogP contribution in [0.1, 0.15) is 15.9 Å². The van der Waals surface area contributed by atoms with Crippen LogP contribution in [0.3, 0.4) is 0 Å². The van der Waals surface area contributed by atoms with E-state index >= 15 is 0 Å². The standard InChI is InChI=1S/C8H7F2NO/c1-4-2-5(8(11)12)3-6(9)7(4)10/h2-3H,1H3,(H2,11,12). The Bertz CT molecular complexity index is 313. The minimum atomic E-state index is -1.05. The van der Waals surface area contributed by atoms with Crippen LogP contribution in [0.4, 0.5) is 8.78 Å². The number of carbonyl (C=O) groups is 1. The lowest BCUT2D eigenvalue weighted by Crippen LogP contribution is -2.12. The lowest BCUT2D eigenvalue weighted by Gasteiger charge is -2.00. The Morgan fingerprint density at radius 1 is 1.42 bits per heavy atom. The lowest BCUT2D eigenvalue weighted by atomic mass is 10.1. The van der Waals surface area contributed by atoms with Crippen molar-refractivity contribution in [3.8, 4) is 0 Å². The zero-order valence-corrected chi connectivity index (χ0v) is 6.40. The predicted molar refractivity (Wildman–Crippen MR) is 39.6 cm³/mol. The Kier molecular flexibility index (Phi) is 2.08. The minimum absolute atomic E-state index is 0.0219. The summed E-state index contributed by atoms with van der Waals surface area (Å²) in [5.41, 5.74) is 4.92. The highest BCUT2D eigenvalue weighted by molar-refractivity contribution is 5.92. The van der Waals surface area contributed by atoms with E-state index in [1.807, 2.05) is 0 Å². The summed E-state index contributed by atoms with van der Waals surface area (Å²) in [4.78, 5) is 10.5. The molecule has 1 aromatic carbocycles. The number of halogens is 2. The number of primary amides is 1. The molecular weight excluding hydrogens is 164 g/mol. The molecule has 0 spiro atoms. The molecule has 0 aliphatic rings. The molecular formula is C8H7F2NO. The summed E-state index contributed by atoms with van der Waals surface area (Å²) in [6.07, 6.45) is 0. The van der Waals surface area contributed by atoms with Crippen LogP contribution in [0.5, 0.6) is 0 Å². The van der Waals surface area contributed by atoms with Crippen molar-refractivity contribution >= 4 is 5.91 Å². The van der Waals surface area contributed by atoms with Crippen LogP contribution < -0.4 is 5.73 Å². The Morgan fingerprint density at radius 2 is 2.00 bits per heavy atom. The second-order valence-electron chi connectivity index (χ2n) is 2.45. The van der Waals surface area contributed by atoms with Gasteiger partial charge in [0.15, 0.2) is 11.6 Å². The third kappa shape index (κ3) is 1.42. The van der Waals surface area contributed by atoms with Gasteiger partial charge in [-0.05, 0) is 24.6 Å². The normalized spacial score (nSPS) is 9.92. The predicted octanol–water partition coefficient (Wildman–Crippen LogP) is 1.37. The van der Waals surface area contributed by atoms with Gasteiger partial charge in [0.1, 0.15) is 0 Å². The first kappa shape index (κ1) is 8.64. The van der Waals surface area contributed by atoms with Crippen LogP contribution in [-0.2, 0) is 0 Å². The molecule has 2 N–H and O–H groups in total. The fraction of sp³-hybridized carbons (Fsp3) is 0.125. The zero-order valence-electron chi connectivity index (χ0n) is 6.40. The van der Waals surface area contributed by atoms with Crippen molar-refractivity contribution in [2.45, 2.75) is 6.92 Å². The number of aryl methyl sites for hydroxylation is 1. The number of hydrogen-bond donors (Lipinski definition) is 1. The quantitative estimate of drug-likeness (QED) is 0.681. The summed E-state index contributed by atoms with van der Waals surface area (Å²) in [7, 11) is 0. The molecule has 0 bridgehead atoms. The maximum atomic E-state index is 12.6. The SMILES string of the molecule is Cc1cc(C(N)=O)cc(F)c1F. The van der Waals surface area contributed by atoms with Crippen LogP contribution in [0.25, 0.3) is 0 Å². The average Bonchev–Trinajstić information content (AvgIpc) is 1.99. The van der Waals surface area contributed by atoms with E-state index < -0.39 is 17.5 Å². The molecule has 1 amide bonds. The molecule has 0 unspecified atom stereocenters. The fourth-order valence-corrected chi connectivity index (χ4v) is 0.869. The van der Waals surface area contributed by atoms with Gasteiger partial charge in [0.05, 0.1) is 0 Å². The topological polar surface area (TPSA) is 43.1 Å². The first-order chi connectivity index (χ1) is 5.52. The van der Waals surface area contributed by atoms with E-state index in [0.29, 0.717) is 0 Å². The van der Waals surface area contributed by atoms with E-state index in [9.17, 15) is 13.6 Å². The van der Waals surface area contributed by atoms with E-state index in [1.54, 1.807) is 0 Å². The first-order valence-electron chi connectivity index (χ1n) is 3.28. The third-order valence-electron chi connectivity index (χ3n) is 1.49. The van der Waals surface area contributed by atoms with Crippen molar-refractivity contribution in [3.05, 3.63) is 34.9 Å². The molecule has 4 heteroatoms. The molecule has 0 radical (unpaired) electrons. The Hall–Kier alpha value is -1.45. The molecule has 0 aliphatic carbocycles. The number of carbonyl (C=O) groups excluding carboxylic acids is 1. The van der Waals surface area contributed by atoms with Gasteiger partial charge >= 0.3 is 0 Å². The van der Waals surface area contributed by atoms with Gasteiger partial charge in [0, 0.05) is 5.56 Å². The third-order valence-corrected chi connectivity index (χ3v) is 1.49. The summed E-state index contributed by atoms with van der Waals surface area (Å²) < 4.78 is 25.3. The van der Waals surface area contributed by atoms with Crippen molar-refractivity contribution in [2.24, 2.45) is 5.73 Å². The van der Waals surface area contributed by atoms with E-state index in [2.05, 4.69) is 0 Å². The number of amides is 1. The van der Waals surface area contributed by atoms with E-state index in [4.69, 9.17) is 5.73 Å². The molecule has 0 heterocycles. The zero-order chi connectivity index (χ0) is 9.30. The summed E-state index contributed by atoms with van der Waals surface area (Å²) >= 11 is 0. The average molecular weight is 171 g/mol. The molecule has 0 saturated heterocycles. The minimum Gasteiger partial charge on any atom is -0.366 e. The smallest absolute Gasteiger partial charge is 0.248 e. The van der Waals surface area contributed by atoms with Gasteiger partial charge in [0.25, 0.3) is 0 Å². The number of nitrogens with two attached hydrogens (primary N) is 1. The van der Waals surface area contributed by atoms with Crippen LogP contribution in [0.15, 0.2) is 12.1 Å². The lowest BCUT2D eigenvalue weighted by molar-refractivity contribution is 0.0999. The van der Waals surface area contributed by atoms with Crippen LogP contribution in [-0.4, -0.2) is 5.91 Å². The van der Waals surface area contributed by atoms with Crippen LogP contribution in [0.2, 0.25) is 0 Å². The van der Waals surface area contributed by atoms with Crippen LogP contribution in [0, 0.1) is 18.6 Å². The first-order valence-corrected chi connectivity index (χ1v) is 3.28. The largest absolute Gasteiger partial charge is 0.366 e. The van der Waals surface area contributed by atoms with Gasteiger partial charge in [-0.25, -0.2) is 8.78 Å².